The standard InChI is InChI=1S/C16H26N4O4S2/c21-25(22,19-11-3-1-4-12-19)17-15-7-9-16(10-8-15)18-26(23,24)20-13-5-2-6-14-20/h7-10,17-18H,1-6,11-14H2. The van der Waals surface area contributed by atoms with Crippen molar-refractivity contribution in [2.24, 2.45) is 0 Å². The molecule has 8 nitrogen and oxygen atoms in total. The summed E-state index contributed by atoms with van der Waals surface area (Å²) in [4.78, 5) is 0. The number of nitrogens with zero attached hydrogens (tertiary/aromatic N) is 2. The summed E-state index contributed by atoms with van der Waals surface area (Å²) in [6, 6.07) is 6.26. The third kappa shape index (κ3) is 4.87. The zero-order valence-corrected chi connectivity index (χ0v) is 16.4. The average Bonchev–Trinajstić information content (AvgIpc) is 2.64. The minimum Gasteiger partial charge on any atom is -0.271 e. The lowest BCUT2D eigenvalue weighted by Crippen LogP contribution is -2.39. The second-order valence-corrected chi connectivity index (χ2v) is 10.1. The van der Waals surface area contributed by atoms with E-state index in [0.717, 1.165) is 38.5 Å². The summed E-state index contributed by atoms with van der Waals surface area (Å²) in [6.45, 7) is 2.12. The Morgan fingerprint density at radius 2 is 0.885 bits per heavy atom. The molecule has 1 aromatic rings. The van der Waals surface area contributed by atoms with Crippen molar-refractivity contribution in [1.82, 2.24) is 8.61 Å². The maximum atomic E-state index is 12.4. The van der Waals surface area contributed by atoms with Gasteiger partial charge in [0.05, 0.1) is 0 Å². The molecule has 2 N–H and O–H groups in total. The molecule has 0 aromatic heterocycles. The van der Waals surface area contributed by atoms with Gasteiger partial charge >= 0.3 is 20.4 Å². The predicted molar refractivity (Wildman–Crippen MR) is 102 cm³/mol. The minimum absolute atomic E-state index is 0.413. The molecule has 2 fully saturated rings. The molecule has 26 heavy (non-hydrogen) atoms. The van der Waals surface area contributed by atoms with E-state index >= 15 is 0 Å². The normalized spacial score (nSPS) is 20.6. The van der Waals surface area contributed by atoms with Crippen LogP contribution in [0.25, 0.3) is 0 Å². The first-order chi connectivity index (χ1) is 12.4. The van der Waals surface area contributed by atoms with Crippen LogP contribution in [0.3, 0.4) is 0 Å². The van der Waals surface area contributed by atoms with Gasteiger partial charge in [-0.1, -0.05) is 12.8 Å². The maximum absolute atomic E-state index is 12.4. The molecule has 0 spiro atoms. The van der Waals surface area contributed by atoms with Gasteiger partial charge in [-0.15, -0.1) is 0 Å². The summed E-state index contributed by atoms with van der Waals surface area (Å²) in [5, 5.41) is 0. The molecule has 2 saturated heterocycles. The van der Waals surface area contributed by atoms with Crippen LogP contribution in [0, 0.1) is 0 Å². The molecule has 146 valence electrons. The molecule has 0 unspecified atom stereocenters. The summed E-state index contributed by atoms with van der Waals surface area (Å²) in [7, 11) is -7.13. The molecule has 2 aliphatic heterocycles. The number of hydrogen-bond donors (Lipinski definition) is 2. The van der Waals surface area contributed by atoms with Crippen LogP contribution in [0.4, 0.5) is 11.4 Å². The van der Waals surface area contributed by atoms with E-state index in [1.807, 2.05) is 0 Å². The molecule has 0 radical (unpaired) electrons. The van der Waals surface area contributed by atoms with Crippen LogP contribution in [-0.4, -0.2) is 51.6 Å². The largest absolute Gasteiger partial charge is 0.301 e. The van der Waals surface area contributed by atoms with Crippen molar-refractivity contribution >= 4 is 31.8 Å². The average molecular weight is 403 g/mol. The zero-order valence-electron chi connectivity index (χ0n) is 14.7. The number of anilines is 2. The minimum atomic E-state index is -3.57. The van der Waals surface area contributed by atoms with Crippen molar-refractivity contribution in [3.8, 4) is 0 Å². The zero-order chi connectivity index (χ0) is 18.6. The highest BCUT2D eigenvalue weighted by Gasteiger charge is 2.25. The molecule has 10 heteroatoms. The van der Waals surface area contributed by atoms with Gasteiger partial charge in [-0.3, -0.25) is 9.44 Å². The summed E-state index contributed by atoms with van der Waals surface area (Å²) in [5.74, 6) is 0. The molecule has 0 atom stereocenters. The maximum Gasteiger partial charge on any atom is 0.301 e. The first-order valence-corrected chi connectivity index (χ1v) is 11.9. The fourth-order valence-electron chi connectivity index (χ4n) is 3.24. The van der Waals surface area contributed by atoms with Gasteiger partial charge in [0.1, 0.15) is 0 Å². The van der Waals surface area contributed by atoms with Gasteiger partial charge in [0.15, 0.2) is 0 Å². The summed E-state index contributed by atoms with van der Waals surface area (Å²) >= 11 is 0. The van der Waals surface area contributed by atoms with E-state index in [9.17, 15) is 16.8 Å². The molecule has 0 aliphatic carbocycles. The fraction of sp³-hybridized carbons (Fsp3) is 0.625. The Labute approximate surface area is 155 Å². The molecule has 3 rings (SSSR count). The Morgan fingerprint density at radius 1 is 0.577 bits per heavy atom. The summed E-state index contributed by atoms with van der Waals surface area (Å²) in [6.07, 6.45) is 5.60. The smallest absolute Gasteiger partial charge is 0.271 e. The van der Waals surface area contributed by atoms with Crippen molar-refractivity contribution < 1.29 is 16.8 Å². The van der Waals surface area contributed by atoms with Crippen LogP contribution < -0.4 is 9.44 Å². The highest BCUT2D eigenvalue weighted by Crippen LogP contribution is 2.21. The molecule has 2 heterocycles. The number of hydrogen-bond acceptors (Lipinski definition) is 4. The number of rotatable bonds is 6. The van der Waals surface area contributed by atoms with E-state index in [4.69, 9.17) is 0 Å². The number of benzene rings is 1. The van der Waals surface area contributed by atoms with Crippen LogP contribution in [0.5, 0.6) is 0 Å². The van der Waals surface area contributed by atoms with Gasteiger partial charge in [-0.25, -0.2) is 0 Å². The molecule has 1 aromatic carbocycles. The molecule has 0 saturated carbocycles. The van der Waals surface area contributed by atoms with Crippen molar-refractivity contribution in [2.75, 3.05) is 35.6 Å². The molecule has 0 bridgehead atoms. The lowest BCUT2D eigenvalue weighted by atomic mass is 10.2. The van der Waals surface area contributed by atoms with E-state index in [-0.39, 0.29) is 0 Å². The fourth-order valence-corrected chi connectivity index (χ4v) is 5.85. The van der Waals surface area contributed by atoms with E-state index in [1.165, 1.54) is 8.61 Å². The van der Waals surface area contributed by atoms with E-state index in [2.05, 4.69) is 9.44 Å². The van der Waals surface area contributed by atoms with Gasteiger partial charge in [0.25, 0.3) is 0 Å². The molecular formula is C16H26N4O4S2. The van der Waals surface area contributed by atoms with Crippen molar-refractivity contribution in [3.05, 3.63) is 24.3 Å². The second-order valence-electron chi connectivity index (χ2n) is 6.71. The SMILES string of the molecule is O=S(=O)(Nc1ccc(NS(=O)(=O)N2CCCCC2)cc1)N1CCCCC1. The van der Waals surface area contributed by atoms with E-state index < -0.39 is 20.4 Å². The van der Waals surface area contributed by atoms with Crippen molar-refractivity contribution in [1.29, 1.82) is 0 Å². The van der Waals surface area contributed by atoms with Gasteiger partial charge in [0.2, 0.25) is 0 Å². The van der Waals surface area contributed by atoms with Crippen LogP contribution in [-0.2, 0) is 20.4 Å². The van der Waals surface area contributed by atoms with Gasteiger partial charge in [-0.2, -0.15) is 25.4 Å². The number of piperidine rings is 2. The third-order valence-electron chi connectivity index (χ3n) is 4.69. The van der Waals surface area contributed by atoms with Crippen LogP contribution >= 0.6 is 0 Å². The van der Waals surface area contributed by atoms with Gasteiger partial charge in [0, 0.05) is 37.6 Å². The molecule has 2 aliphatic rings. The monoisotopic (exact) mass is 402 g/mol. The van der Waals surface area contributed by atoms with E-state index in [0.29, 0.717) is 37.6 Å². The topological polar surface area (TPSA) is 98.8 Å². The van der Waals surface area contributed by atoms with Crippen LogP contribution in [0.1, 0.15) is 38.5 Å². The van der Waals surface area contributed by atoms with Gasteiger partial charge < -0.3 is 0 Å². The Bertz CT molecular complexity index is 728. The summed E-state index contributed by atoms with van der Waals surface area (Å²) in [5.41, 5.74) is 0.827. The highest BCUT2D eigenvalue weighted by molar-refractivity contribution is 7.90. The quantitative estimate of drug-likeness (QED) is 0.760. The van der Waals surface area contributed by atoms with Crippen LogP contribution in [0.15, 0.2) is 24.3 Å². The summed E-state index contributed by atoms with van der Waals surface area (Å²) < 4.78 is 57.5. The van der Waals surface area contributed by atoms with Crippen molar-refractivity contribution in [2.45, 2.75) is 38.5 Å². The lowest BCUT2D eigenvalue weighted by molar-refractivity contribution is 0.348. The van der Waals surface area contributed by atoms with Crippen molar-refractivity contribution in [3.63, 3.8) is 0 Å². The predicted octanol–water partition coefficient (Wildman–Crippen LogP) is 1.97. The Morgan fingerprint density at radius 3 is 1.19 bits per heavy atom. The molecular weight excluding hydrogens is 376 g/mol. The third-order valence-corrected chi connectivity index (χ3v) is 7.77. The Balaban J connectivity index is 1.63. The highest BCUT2D eigenvalue weighted by atomic mass is 32.2. The lowest BCUT2D eigenvalue weighted by Gasteiger charge is -2.26. The van der Waals surface area contributed by atoms with Crippen LogP contribution in [0.2, 0.25) is 0 Å². The number of nitrogens with one attached hydrogen (secondary N) is 2. The Hall–Kier alpha value is -1.36. The first kappa shape index (κ1) is 19.4. The first-order valence-electron chi connectivity index (χ1n) is 9.03. The van der Waals surface area contributed by atoms with E-state index in [1.54, 1.807) is 24.3 Å². The second kappa shape index (κ2) is 8.12. The van der Waals surface area contributed by atoms with Gasteiger partial charge in [-0.05, 0) is 49.9 Å². The molecule has 0 amide bonds. The Kier molecular flexibility index (Phi) is 6.06.